The van der Waals surface area contributed by atoms with Gasteiger partial charge in [-0.1, -0.05) is 24.3 Å². The standard InChI is InChI=1S/C9H9BO.C3H9N/c1-7-4-2-3-5-8(7)9(11)6-10;1-4(2)3/h2-5H,6H2,1H3;1-3H3. The highest BCUT2D eigenvalue weighted by atomic mass is 16.1. The molecule has 1 rings (SSSR count). The van der Waals surface area contributed by atoms with Gasteiger partial charge >= 0.3 is 0 Å². The molecule has 0 aliphatic heterocycles. The van der Waals surface area contributed by atoms with E-state index in [0.717, 1.165) is 11.1 Å². The Hall–Kier alpha value is -1.09. The van der Waals surface area contributed by atoms with Crippen LogP contribution in [-0.4, -0.2) is 39.7 Å². The van der Waals surface area contributed by atoms with Gasteiger partial charge in [-0.15, -0.1) is 0 Å². The molecular weight excluding hydrogens is 185 g/mol. The molecule has 0 N–H and O–H groups in total. The van der Waals surface area contributed by atoms with Crippen molar-refractivity contribution < 1.29 is 4.79 Å². The van der Waals surface area contributed by atoms with Gasteiger partial charge in [0.05, 0.1) is 7.85 Å². The van der Waals surface area contributed by atoms with Crippen molar-refractivity contribution in [2.24, 2.45) is 0 Å². The van der Waals surface area contributed by atoms with Crippen LogP contribution in [0.5, 0.6) is 0 Å². The van der Waals surface area contributed by atoms with E-state index in [0.29, 0.717) is 0 Å². The summed E-state index contributed by atoms with van der Waals surface area (Å²) in [6.45, 7) is 1.91. The SMILES string of the molecule is CN(C)C.[B]CC(=O)c1ccccc1C. The topological polar surface area (TPSA) is 20.3 Å². The number of nitrogens with zero attached hydrogens (tertiary/aromatic N) is 1. The molecule has 0 amide bonds. The fraction of sp³-hybridized carbons (Fsp3) is 0.417. The van der Waals surface area contributed by atoms with Crippen molar-refractivity contribution in [3.05, 3.63) is 35.4 Å². The summed E-state index contributed by atoms with van der Waals surface area (Å²) in [5.41, 5.74) is 1.72. The average Bonchev–Trinajstić information content (AvgIpc) is 2.16. The summed E-state index contributed by atoms with van der Waals surface area (Å²) < 4.78 is 0. The third-order valence-electron chi connectivity index (χ3n) is 1.63. The Morgan fingerprint density at radius 1 is 1.27 bits per heavy atom. The number of hydrogen-bond donors (Lipinski definition) is 0. The maximum absolute atomic E-state index is 11.1. The Morgan fingerprint density at radius 3 is 2.13 bits per heavy atom. The van der Waals surface area contributed by atoms with Crippen LogP contribution in [0.3, 0.4) is 0 Å². The second-order valence-electron chi connectivity index (χ2n) is 3.78. The summed E-state index contributed by atoms with van der Waals surface area (Å²) in [5.74, 6) is 0.00287. The van der Waals surface area contributed by atoms with E-state index in [4.69, 9.17) is 7.85 Å². The van der Waals surface area contributed by atoms with Gasteiger partial charge in [0.2, 0.25) is 0 Å². The lowest BCUT2D eigenvalue weighted by molar-refractivity contribution is 0.101. The van der Waals surface area contributed by atoms with E-state index in [1.807, 2.05) is 51.2 Å². The van der Waals surface area contributed by atoms with Crippen molar-refractivity contribution >= 4 is 13.6 Å². The van der Waals surface area contributed by atoms with Gasteiger partial charge < -0.3 is 4.90 Å². The summed E-state index contributed by atoms with van der Waals surface area (Å²) in [7, 11) is 11.2. The molecule has 0 bridgehead atoms. The van der Waals surface area contributed by atoms with Gasteiger partial charge in [0.15, 0.2) is 5.78 Å². The van der Waals surface area contributed by atoms with E-state index in [1.165, 1.54) is 0 Å². The Bertz CT molecular complexity index is 307. The lowest BCUT2D eigenvalue weighted by atomic mass is 9.93. The molecule has 1 aromatic carbocycles. The van der Waals surface area contributed by atoms with Gasteiger partial charge in [-0.05, 0) is 40.0 Å². The van der Waals surface area contributed by atoms with Crippen LogP contribution in [0.15, 0.2) is 24.3 Å². The minimum atomic E-state index is 0.00287. The molecule has 2 nitrogen and oxygen atoms in total. The zero-order chi connectivity index (χ0) is 11.8. The van der Waals surface area contributed by atoms with Gasteiger partial charge in [0.1, 0.15) is 0 Å². The van der Waals surface area contributed by atoms with E-state index in [1.54, 1.807) is 6.07 Å². The van der Waals surface area contributed by atoms with Crippen LogP contribution >= 0.6 is 0 Å². The van der Waals surface area contributed by atoms with Crippen LogP contribution in [0.1, 0.15) is 15.9 Å². The third kappa shape index (κ3) is 6.07. The minimum absolute atomic E-state index is 0.00287. The van der Waals surface area contributed by atoms with E-state index in [-0.39, 0.29) is 12.1 Å². The van der Waals surface area contributed by atoms with Crippen LogP contribution in [0, 0.1) is 6.92 Å². The van der Waals surface area contributed by atoms with Gasteiger partial charge in [-0.3, -0.25) is 4.79 Å². The Morgan fingerprint density at radius 2 is 1.73 bits per heavy atom. The predicted octanol–water partition coefficient (Wildman–Crippen LogP) is 1.94. The summed E-state index contributed by atoms with van der Waals surface area (Å²) in [5, 5.41) is 0. The van der Waals surface area contributed by atoms with Crippen molar-refractivity contribution in [1.29, 1.82) is 0 Å². The molecule has 2 radical (unpaired) electrons. The molecule has 0 unspecified atom stereocenters. The first-order chi connectivity index (χ1) is 6.99. The molecule has 0 spiro atoms. The Balaban J connectivity index is 0.000000423. The highest BCUT2D eigenvalue weighted by Gasteiger charge is 2.03. The molecule has 0 aliphatic rings. The summed E-state index contributed by atoms with van der Waals surface area (Å²) in [4.78, 5) is 13.1. The molecule has 0 aliphatic carbocycles. The van der Waals surface area contributed by atoms with Crippen LogP contribution in [0.25, 0.3) is 0 Å². The highest BCUT2D eigenvalue weighted by Crippen LogP contribution is 2.08. The molecule has 1 aromatic rings. The number of carbonyl (C=O) groups excluding carboxylic acids is 1. The van der Waals surface area contributed by atoms with Crippen molar-refractivity contribution in [1.82, 2.24) is 4.90 Å². The van der Waals surface area contributed by atoms with E-state index in [2.05, 4.69) is 0 Å². The molecule has 0 atom stereocenters. The van der Waals surface area contributed by atoms with Gasteiger partial charge in [0, 0.05) is 5.56 Å². The smallest absolute Gasteiger partial charge is 0.154 e. The molecule has 3 heteroatoms. The van der Waals surface area contributed by atoms with Crippen molar-refractivity contribution in [2.75, 3.05) is 21.1 Å². The Kier molecular flexibility index (Phi) is 6.72. The first kappa shape index (κ1) is 13.9. The monoisotopic (exact) mass is 203 g/mol. The van der Waals surface area contributed by atoms with E-state index < -0.39 is 0 Å². The number of rotatable bonds is 2. The summed E-state index contributed by atoms with van der Waals surface area (Å²) in [6, 6.07) is 7.45. The largest absolute Gasteiger partial charge is 0.312 e. The third-order valence-corrected chi connectivity index (χ3v) is 1.63. The van der Waals surface area contributed by atoms with Crippen molar-refractivity contribution in [2.45, 2.75) is 13.2 Å². The zero-order valence-corrected chi connectivity index (χ0v) is 9.95. The van der Waals surface area contributed by atoms with Gasteiger partial charge in [-0.25, -0.2) is 0 Å². The number of aryl methyl sites for hydroxylation is 1. The zero-order valence-electron chi connectivity index (χ0n) is 9.95. The first-order valence-corrected chi connectivity index (χ1v) is 4.88. The Labute approximate surface area is 93.7 Å². The van der Waals surface area contributed by atoms with Crippen LogP contribution in [0.4, 0.5) is 0 Å². The average molecular weight is 203 g/mol. The first-order valence-electron chi connectivity index (χ1n) is 4.88. The molecular formula is C12H18BNO. The molecule has 15 heavy (non-hydrogen) atoms. The molecule has 0 aromatic heterocycles. The second-order valence-corrected chi connectivity index (χ2v) is 3.78. The normalized spacial score (nSPS) is 9.40. The molecule has 0 fully saturated rings. The molecule has 80 valence electrons. The minimum Gasteiger partial charge on any atom is -0.312 e. The quantitative estimate of drug-likeness (QED) is 0.540. The lowest BCUT2D eigenvalue weighted by Gasteiger charge is -2.00. The molecule has 0 saturated carbocycles. The summed E-state index contributed by atoms with van der Waals surface area (Å²) in [6.07, 6.45) is 0.0881. The fourth-order valence-electron chi connectivity index (χ4n) is 0.996. The van der Waals surface area contributed by atoms with Crippen molar-refractivity contribution in [3.8, 4) is 0 Å². The molecule has 0 heterocycles. The van der Waals surface area contributed by atoms with E-state index >= 15 is 0 Å². The number of ketones is 1. The highest BCUT2D eigenvalue weighted by molar-refractivity contribution is 6.24. The number of Topliss-reactive ketones (excluding diaryl/α,β-unsaturated/α-hetero) is 1. The van der Waals surface area contributed by atoms with Crippen LogP contribution in [0.2, 0.25) is 6.32 Å². The maximum atomic E-state index is 11.1. The predicted molar refractivity (Wildman–Crippen MR) is 65.7 cm³/mol. The molecule has 0 saturated heterocycles. The fourth-order valence-corrected chi connectivity index (χ4v) is 0.996. The number of benzene rings is 1. The lowest BCUT2D eigenvalue weighted by Crippen LogP contribution is -1.99. The number of carbonyl (C=O) groups is 1. The second kappa shape index (κ2) is 7.24. The van der Waals surface area contributed by atoms with Gasteiger partial charge in [-0.2, -0.15) is 0 Å². The van der Waals surface area contributed by atoms with Crippen LogP contribution < -0.4 is 0 Å². The maximum Gasteiger partial charge on any atom is 0.154 e. The van der Waals surface area contributed by atoms with E-state index in [9.17, 15) is 4.79 Å². The van der Waals surface area contributed by atoms with Gasteiger partial charge in [0.25, 0.3) is 0 Å². The van der Waals surface area contributed by atoms with Crippen molar-refractivity contribution in [3.63, 3.8) is 0 Å². The summed E-state index contributed by atoms with van der Waals surface area (Å²) >= 11 is 0. The van der Waals surface area contributed by atoms with Crippen LogP contribution in [-0.2, 0) is 0 Å². The number of hydrogen-bond acceptors (Lipinski definition) is 2.